The molecule has 7 nitrogen and oxygen atoms in total. The minimum atomic E-state index is -0.122. The SMILES string of the molecule is CCc1cc(=O)n2[nH]c([C@H]3CCCCN3C(=O)COC)cc2n1. The van der Waals surface area contributed by atoms with Crippen molar-refractivity contribution in [2.45, 2.75) is 38.6 Å². The Hall–Kier alpha value is -2.15. The van der Waals surface area contributed by atoms with Crippen LogP contribution >= 0.6 is 0 Å². The van der Waals surface area contributed by atoms with E-state index < -0.39 is 0 Å². The van der Waals surface area contributed by atoms with Crippen molar-refractivity contribution in [3.63, 3.8) is 0 Å². The van der Waals surface area contributed by atoms with Crippen molar-refractivity contribution < 1.29 is 9.53 Å². The van der Waals surface area contributed by atoms with Crippen LogP contribution < -0.4 is 5.56 Å². The second-order valence-corrected chi connectivity index (χ2v) is 5.88. The van der Waals surface area contributed by atoms with Crippen molar-refractivity contribution >= 4 is 11.6 Å². The lowest BCUT2D eigenvalue weighted by Crippen LogP contribution is -2.40. The quantitative estimate of drug-likeness (QED) is 0.921. The number of methoxy groups -OCH3 is 1. The van der Waals surface area contributed by atoms with Gasteiger partial charge in [-0.05, 0) is 25.7 Å². The number of aromatic nitrogens is 3. The Morgan fingerprint density at radius 1 is 1.43 bits per heavy atom. The number of likely N-dealkylation sites (tertiary alicyclic amines) is 1. The molecule has 0 unspecified atom stereocenters. The first-order chi connectivity index (χ1) is 11.1. The van der Waals surface area contributed by atoms with E-state index in [0.29, 0.717) is 18.6 Å². The monoisotopic (exact) mass is 318 g/mol. The van der Waals surface area contributed by atoms with Crippen LogP contribution in [0.3, 0.4) is 0 Å². The fraction of sp³-hybridized carbons (Fsp3) is 0.562. The number of nitrogens with one attached hydrogen (secondary N) is 1. The first-order valence-corrected chi connectivity index (χ1v) is 8.04. The number of fused-ring (bicyclic) bond motifs is 1. The number of aryl methyl sites for hydroxylation is 1. The van der Waals surface area contributed by atoms with E-state index in [9.17, 15) is 9.59 Å². The maximum atomic E-state index is 12.3. The van der Waals surface area contributed by atoms with Crippen LogP contribution in [0.15, 0.2) is 16.9 Å². The predicted molar refractivity (Wildman–Crippen MR) is 85.4 cm³/mol. The summed E-state index contributed by atoms with van der Waals surface area (Å²) in [6.45, 7) is 2.76. The summed E-state index contributed by atoms with van der Waals surface area (Å²) in [5, 5.41) is 3.12. The number of nitrogens with zero attached hydrogens (tertiary/aromatic N) is 3. The number of ether oxygens (including phenoxy) is 1. The smallest absolute Gasteiger partial charge is 0.272 e. The Labute approximate surface area is 134 Å². The summed E-state index contributed by atoms with van der Waals surface area (Å²) in [5.41, 5.74) is 2.11. The van der Waals surface area contributed by atoms with E-state index in [1.807, 2.05) is 17.9 Å². The van der Waals surface area contributed by atoms with Gasteiger partial charge in [0, 0.05) is 31.5 Å². The fourth-order valence-corrected chi connectivity index (χ4v) is 3.17. The normalized spacial score (nSPS) is 18.5. The molecule has 0 aromatic carbocycles. The van der Waals surface area contributed by atoms with Gasteiger partial charge >= 0.3 is 0 Å². The summed E-state index contributed by atoms with van der Waals surface area (Å²) in [6, 6.07) is 3.36. The number of hydrogen-bond acceptors (Lipinski definition) is 4. The van der Waals surface area contributed by atoms with Gasteiger partial charge in [-0.15, -0.1) is 0 Å². The maximum absolute atomic E-state index is 12.3. The Bertz CT molecular complexity index is 764. The number of H-pyrrole nitrogens is 1. The number of carbonyl (C=O) groups is 1. The molecule has 23 heavy (non-hydrogen) atoms. The lowest BCUT2D eigenvalue weighted by Gasteiger charge is -2.35. The van der Waals surface area contributed by atoms with Gasteiger partial charge in [0.05, 0.1) is 11.7 Å². The molecule has 7 heteroatoms. The standard InChI is InChI=1S/C16H22N4O3/c1-3-11-8-15(21)20-14(17-11)9-12(18-20)13-6-4-5-7-19(13)16(22)10-23-2/h8-9,13,18H,3-7,10H2,1-2H3/t13-/m1/s1. The summed E-state index contributed by atoms with van der Waals surface area (Å²) in [7, 11) is 1.52. The molecule has 0 saturated carbocycles. The molecule has 1 fully saturated rings. The molecule has 124 valence electrons. The van der Waals surface area contributed by atoms with Crippen molar-refractivity contribution in [2.75, 3.05) is 20.3 Å². The number of hydrogen-bond donors (Lipinski definition) is 1. The molecule has 1 N–H and O–H groups in total. The number of carbonyl (C=O) groups excluding carboxylic acids is 1. The molecule has 0 spiro atoms. The van der Waals surface area contributed by atoms with Crippen LogP contribution in [-0.2, 0) is 16.0 Å². The molecular weight excluding hydrogens is 296 g/mol. The molecule has 1 atom stereocenters. The lowest BCUT2D eigenvalue weighted by atomic mass is 9.99. The Kier molecular flexibility index (Phi) is 4.47. The van der Waals surface area contributed by atoms with Gasteiger partial charge in [0.2, 0.25) is 5.91 Å². The molecule has 1 aliphatic rings. The van der Waals surface area contributed by atoms with Crippen molar-refractivity contribution in [2.24, 2.45) is 0 Å². The zero-order valence-electron chi connectivity index (χ0n) is 13.5. The number of aromatic amines is 1. The Balaban J connectivity index is 1.98. The van der Waals surface area contributed by atoms with E-state index >= 15 is 0 Å². The summed E-state index contributed by atoms with van der Waals surface area (Å²) < 4.78 is 6.43. The molecule has 3 rings (SSSR count). The Morgan fingerprint density at radius 2 is 2.26 bits per heavy atom. The van der Waals surface area contributed by atoms with Crippen LogP contribution in [0.4, 0.5) is 0 Å². The summed E-state index contributed by atoms with van der Waals surface area (Å²) >= 11 is 0. The average molecular weight is 318 g/mol. The van der Waals surface area contributed by atoms with Gasteiger partial charge in [0.15, 0.2) is 5.65 Å². The molecule has 2 aromatic rings. The third-order valence-electron chi connectivity index (χ3n) is 4.34. The first kappa shape index (κ1) is 15.7. The summed E-state index contributed by atoms with van der Waals surface area (Å²) in [4.78, 5) is 30.7. The second kappa shape index (κ2) is 6.54. The van der Waals surface area contributed by atoms with Gasteiger partial charge in [-0.2, -0.15) is 0 Å². The second-order valence-electron chi connectivity index (χ2n) is 5.88. The molecular formula is C16H22N4O3. The minimum Gasteiger partial charge on any atom is -0.375 e. The Morgan fingerprint density at radius 3 is 3.00 bits per heavy atom. The number of rotatable bonds is 4. The predicted octanol–water partition coefficient (Wildman–Crippen LogP) is 1.28. The minimum absolute atomic E-state index is 0.0228. The van der Waals surface area contributed by atoms with Gasteiger partial charge in [-0.25, -0.2) is 9.50 Å². The van der Waals surface area contributed by atoms with Gasteiger partial charge < -0.3 is 9.64 Å². The van der Waals surface area contributed by atoms with Gasteiger partial charge in [-0.1, -0.05) is 6.92 Å². The van der Waals surface area contributed by atoms with Crippen LogP contribution in [0.25, 0.3) is 5.65 Å². The summed E-state index contributed by atoms with van der Waals surface area (Å²) in [6.07, 6.45) is 3.63. The third-order valence-corrected chi connectivity index (χ3v) is 4.34. The fourth-order valence-electron chi connectivity index (χ4n) is 3.17. The molecule has 1 aliphatic heterocycles. The number of piperidine rings is 1. The highest BCUT2D eigenvalue weighted by Gasteiger charge is 2.29. The van der Waals surface area contributed by atoms with Gasteiger partial charge in [0.25, 0.3) is 5.56 Å². The molecule has 0 aliphatic carbocycles. The van der Waals surface area contributed by atoms with Crippen molar-refractivity contribution in [1.29, 1.82) is 0 Å². The first-order valence-electron chi connectivity index (χ1n) is 8.04. The van der Waals surface area contributed by atoms with Crippen molar-refractivity contribution in [3.05, 3.63) is 33.9 Å². The van der Waals surface area contributed by atoms with Crippen LogP contribution in [0.1, 0.15) is 43.6 Å². The highest BCUT2D eigenvalue weighted by atomic mass is 16.5. The highest BCUT2D eigenvalue weighted by Crippen LogP contribution is 2.30. The van der Waals surface area contributed by atoms with E-state index in [-0.39, 0.29) is 24.1 Å². The van der Waals surface area contributed by atoms with Crippen LogP contribution in [-0.4, -0.2) is 45.7 Å². The topological polar surface area (TPSA) is 79.7 Å². The molecule has 3 heterocycles. The van der Waals surface area contributed by atoms with E-state index in [2.05, 4.69) is 10.1 Å². The zero-order valence-corrected chi connectivity index (χ0v) is 13.5. The lowest BCUT2D eigenvalue weighted by molar-refractivity contribution is -0.139. The molecule has 0 radical (unpaired) electrons. The van der Waals surface area contributed by atoms with E-state index in [1.165, 1.54) is 11.6 Å². The molecule has 0 bridgehead atoms. The maximum Gasteiger partial charge on any atom is 0.272 e. The molecule has 1 saturated heterocycles. The van der Waals surface area contributed by atoms with Crippen molar-refractivity contribution in [1.82, 2.24) is 19.5 Å². The van der Waals surface area contributed by atoms with Crippen LogP contribution in [0, 0.1) is 0 Å². The van der Waals surface area contributed by atoms with Crippen molar-refractivity contribution in [3.8, 4) is 0 Å². The van der Waals surface area contributed by atoms with E-state index in [1.54, 1.807) is 6.07 Å². The summed E-state index contributed by atoms with van der Waals surface area (Å²) in [5.74, 6) is -0.0228. The molecule has 2 aromatic heterocycles. The largest absolute Gasteiger partial charge is 0.375 e. The van der Waals surface area contributed by atoms with E-state index in [0.717, 1.165) is 30.7 Å². The van der Waals surface area contributed by atoms with Crippen LogP contribution in [0.5, 0.6) is 0 Å². The van der Waals surface area contributed by atoms with Crippen LogP contribution in [0.2, 0.25) is 0 Å². The zero-order chi connectivity index (χ0) is 16.4. The molecule has 1 amide bonds. The number of amides is 1. The van der Waals surface area contributed by atoms with Gasteiger partial charge in [0.1, 0.15) is 6.61 Å². The highest BCUT2D eigenvalue weighted by molar-refractivity contribution is 5.78. The van der Waals surface area contributed by atoms with E-state index in [4.69, 9.17) is 4.74 Å². The third kappa shape index (κ3) is 3.01. The van der Waals surface area contributed by atoms with Gasteiger partial charge in [-0.3, -0.25) is 14.7 Å². The average Bonchev–Trinajstić information content (AvgIpc) is 2.99.